The number of hydrogen-bond acceptors (Lipinski definition) is 3. The van der Waals surface area contributed by atoms with Crippen LogP contribution >= 0.6 is 0 Å². The summed E-state index contributed by atoms with van der Waals surface area (Å²) in [6.07, 6.45) is 3.47. The summed E-state index contributed by atoms with van der Waals surface area (Å²) in [7, 11) is 0. The van der Waals surface area contributed by atoms with E-state index in [1.54, 1.807) is 6.07 Å². The van der Waals surface area contributed by atoms with Crippen molar-refractivity contribution in [2.24, 2.45) is 0 Å². The highest BCUT2D eigenvalue weighted by molar-refractivity contribution is 7.79. The summed E-state index contributed by atoms with van der Waals surface area (Å²) in [5.74, 6) is 0.515. The van der Waals surface area contributed by atoms with E-state index >= 15 is 0 Å². The van der Waals surface area contributed by atoms with Gasteiger partial charge in [-0.05, 0) is 73.6 Å². The van der Waals surface area contributed by atoms with Crippen molar-refractivity contribution < 1.29 is 8.76 Å². The monoisotopic (exact) mass is 266 g/mol. The Balaban J connectivity index is 2.01. The summed E-state index contributed by atoms with van der Waals surface area (Å²) in [4.78, 5) is 2.90. The summed E-state index contributed by atoms with van der Waals surface area (Å²) in [5, 5.41) is 0. The topological polar surface area (TPSA) is 43.4 Å². The van der Waals surface area contributed by atoms with Crippen LogP contribution in [0.15, 0.2) is 29.2 Å². The van der Waals surface area contributed by atoms with E-state index in [-0.39, 0.29) is 0 Å². The van der Waals surface area contributed by atoms with Crippen LogP contribution in [-0.4, -0.2) is 33.3 Å². The Morgan fingerprint density at radius 1 is 1.39 bits per heavy atom. The quantitative estimate of drug-likeness (QED) is 0.786. The van der Waals surface area contributed by atoms with Crippen LogP contribution in [0.4, 0.5) is 0 Å². The smallest absolute Gasteiger partial charge is 0.0251 e. The molecule has 0 spiro atoms. The third-order valence-corrected chi connectivity index (χ3v) is 4.29. The second kappa shape index (κ2) is 6.45. The third-order valence-electron chi connectivity index (χ3n) is 3.65. The highest BCUT2D eigenvalue weighted by atomic mass is 32.2. The van der Waals surface area contributed by atoms with E-state index in [1.807, 2.05) is 12.1 Å². The van der Waals surface area contributed by atoms with Crippen molar-refractivity contribution in [3.63, 3.8) is 0 Å². The molecule has 1 atom stereocenters. The van der Waals surface area contributed by atoms with Gasteiger partial charge in [0.15, 0.2) is 0 Å². The zero-order valence-electron chi connectivity index (χ0n) is 10.8. The van der Waals surface area contributed by atoms with Gasteiger partial charge in [-0.25, -0.2) is 0 Å². The van der Waals surface area contributed by atoms with Crippen LogP contribution in [0.2, 0.25) is 0 Å². The van der Waals surface area contributed by atoms with Crippen molar-refractivity contribution in [1.82, 2.24) is 4.90 Å². The summed E-state index contributed by atoms with van der Waals surface area (Å²) in [6, 6.07) is 7.37. The van der Waals surface area contributed by atoms with Crippen LogP contribution in [0.1, 0.15) is 37.7 Å². The molecule has 0 amide bonds. The van der Waals surface area contributed by atoms with Gasteiger partial charge in [0.1, 0.15) is 0 Å². The van der Waals surface area contributed by atoms with E-state index in [2.05, 4.69) is 17.9 Å². The SMILES string of the molecule is CCCN1CCC(c2cccc(S(=O)[O-])c2)CC1. The number of hydrogen-bond donors (Lipinski definition) is 0. The van der Waals surface area contributed by atoms with Gasteiger partial charge in [0.05, 0.1) is 0 Å². The third kappa shape index (κ3) is 3.40. The molecule has 1 unspecified atom stereocenters. The van der Waals surface area contributed by atoms with E-state index in [0.717, 1.165) is 25.9 Å². The summed E-state index contributed by atoms with van der Waals surface area (Å²) >= 11 is -2.11. The molecular weight excluding hydrogens is 246 g/mol. The van der Waals surface area contributed by atoms with E-state index in [4.69, 9.17) is 0 Å². The Labute approximate surface area is 111 Å². The van der Waals surface area contributed by atoms with Crippen molar-refractivity contribution in [2.45, 2.75) is 37.0 Å². The molecule has 1 saturated heterocycles. The molecule has 0 saturated carbocycles. The molecule has 1 aliphatic rings. The number of piperidine rings is 1. The average molecular weight is 266 g/mol. The number of rotatable bonds is 4. The Kier molecular flexibility index (Phi) is 4.92. The van der Waals surface area contributed by atoms with Gasteiger partial charge in [0.2, 0.25) is 0 Å². The lowest BCUT2D eigenvalue weighted by atomic mass is 9.89. The largest absolute Gasteiger partial charge is 0.768 e. The first-order valence-electron chi connectivity index (χ1n) is 6.62. The molecular formula is C14H20NO2S-. The lowest BCUT2D eigenvalue weighted by molar-refractivity contribution is 0.212. The fourth-order valence-electron chi connectivity index (χ4n) is 2.68. The van der Waals surface area contributed by atoms with Crippen LogP contribution in [0.3, 0.4) is 0 Å². The summed E-state index contributed by atoms with van der Waals surface area (Å²) in [5.41, 5.74) is 1.17. The zero-order chi connectivity index (χ0) is 13.0. The Bertz CT molecular complexity index is 414. The molecule has 4 heteroatoms. The molecule has 0 aliphatic carbocycles. The maximum Gasteiger partial charge on any atom is 0.0251 e. The van der Waals surface area contributed by atoms with Crippen LogP contribution in [0, 0.1) is 0 Å². The van der Waals surface area contributed by atoms with Gasteiger partial charge < -0.3 is 9.45 Å². The zero-order valence-corrected chi connectivity index (χ0v) is 11.6. The predicted octanol–water partition coefficient (Wildman–Crippen LogP) is 2.51. The van der Waals surface area contributed by atoms with Crippen molar-refractivity contribution in [3.05, 3.63) is 29.8 Å². The molecule has 0 radical (unpaired) electrons. The van der Waals surface area contributed by atoms with Crippen molar-refractivity contribution in [2.75, 3.05) is 19.6 Å². The van der Waals surface area contributed by atoms with E-state index in [9.17, 15) is 8.76 Å². The molecule has 0 N–H and O–H groups in total. The van der Waals surface area contributed by atoms with Crippen molar-refractivity contribution in [3.8, 4) is 0 Å². The highest BCUT2D eigenvalue weighted by Gasteiger charge is 2.20. The Morgan fingerprint density at radius 2 is 2.11 bits per heavy atom. The Hall–Kier alpha value is -0.710. The normalized spacial score (nSPS) is 19.9. The van der Waals surface area contributed by atoms with Crippen LogP contribution in [0.5, 0.6) is 0 Å². The van der Waals surface area contributed by atoms with Crippen LogP contribution < -0.4 is 0 Å². The van der Waals surface area contributed by atoms with E-state index in [1.165, 1.54) is 18.5 Å². The first kappa shape index (κ1) is 13.7. The first-order valence-corrected chi connectivity index (χ1v) is 7.69. The van der Waals surface area contributed by atoms with Crippen LogP contribution in [0.25, 0.3) is 0 Å². The first-order chi connectivity index (χ1) is 8.70. The van der Waals surface area contributed by atoms with Gasteiger partial charge in [-0.15, -0.1) is 0 Å². The van der Waals surface area contributed by atoms with Gasteiger partial charge in [0.25, 0.3) is 0 Å². The summed E-state index contributed by atoms with van der Waals surface area (Å²) in [6.45, 7) is 5.64. The fourth-order valence-corrected chi connectivity index (χ4v) is 3.10. The molecule has 0 bridgehead atoms. The van der Waals surface area contributed by atoms with Crippen LogP contribution in [-0.2, 0) is 11.1 Å². The predicted molar refractivity (Wildman–Crippen MR) is 72.3 cm³/mol. The minimum atomic E-state index is -2.11. The molecule has 3 nitrogen and oxygen atoms in total. The lowest BCUT2D eigenvalue weighted by Gasteiger charge is -2.32. The maximum atomic E-state index is 11.0. The van der Waals surface area contributed by atoms with Crippen molar-refractivity contribution in [1.29, 1.82) is 0 Å². The number of nitrogens with zero attached hydrogens (tertiary/aromatic N) is 1. The minimum Gasteiger partial charge on any atom is -0.768 e. The standard InChI is InChI=1S/C14H21NO2S/c1-2-8-15-9-6-12(7-10-15)13-4-3-5-14(11-13)18(16)17/h3-5,11-12H,2,6-10H2,1H3,(H,16,17)/p-1. The average Bonchev–Trinajstić information content (AvgIpc) is 2.40. The maximum absolute atomic E-state index is 11.0. The second-order valence-electron chi connectivity index (χ2n) is 4.92. The molecule has 1 aromatic rings. The molecule has 0 aromatic heterocycles. The van der Waals surface area contributed by atoms with Gasteiger partial charge >= 0.3 is 0 Å². The molecule has 1 aliphatic heterocycles. The molecule has 18 heavy (non-hydrogen) atoms. The van der Waals surface area contributed by atoms with Gasteiger partial charge in [-0.3, -0.25) is 4.21 Å². The fraction of sp³-hybridized carbons (Fsp3) is 0.571. The second-order valence-corrected chi connectivity index (χ2v) is 5.86. The van der Waals surface area contributed by atoms with E-state index < -0.39 is 11.1 Å². The molecule has 1 heterocycles. The lowest BCUT2D eigenvalue weighted by Crippen LogP contribution is -2.33. The summed E-state index contributed by atoms with van der Waals surface area (Å²) < 4.78 is 21.9. The minimum absolute atomic E-state index is 0.406. The Morgan fingerprint density at radius 3 is 2.72 bits per heavy atom. The highest BCUT2D eigenvalue weighted by Crippen LogP contribution is 2.28. The molecule has 1 fully saturated rings. The molecule has 1 aromatic carbocycles. The van der Waals surface area contributed by atoms with Gasteiger partial charge in [-0.1, -0.05) is 19.1 Å². The van der Waals surface area contributed by atoms with Gasteiger partial charge in [-0.2, -0.15) is 0 Å². The molecule has 2 rings (SSSR count). The van der Waals surface area contributed by atoms with Crippen molar-refractivity contribution >= 4 is 11.1 Å². The van der Waals surface area contributed by atoms with Gasteiger partial charge in [0, 0.05) is 4.90 Å². The number of likely N-dealkylation sites (tertiary alicyclic amines) is 1. The molecule has 100 valence electrons. The van der Waals surface area contributed by atoms with E-state index in [0.29, 0.717) is 10.8 Å². The number of benzene rings is 1.